The van der Waals surface area contributed by atoms with Crippen LogP contribution in [-0.4, -0.2) is 52.8 Å². The maximum Gasteiger partial charge on any atom is 0.350 e. The molecule has 2 aromatic rings. The van der Waals surface area contributed by atoms with E-state index in [1.54, 1.807) is 19.9 Å². The molecule has 0 aliphatic carbocycles. The Bertz CT molecular complexity index is 976. The van der Waals surface area contributed by atoms with Crippen molar-refractivity contribution in [1.82, 2.24) is 4.90 Å². The van der Waals surface area contributed by atoms with Gasteiger partial charge in [-0.05, 0) is 51.0 Å². The maximum atomic E-state index is 13.7. The summed E-state index contributed by atoms with van der Waals surface area (Å²) in [5, 5.41) is 9.90. The predicted molar refractivity (Wildman–Crippen MR) is 122 cm³/mol. The minimum absolute atomic E-state index is 0.0832. The van der Waals surface area contributed by atoms with Crippen LogP contribution in [-0.2, 0) is 25.7 Å². The molecule has 1 N–H and O–H groups in total. The second kappa shape index (κ2) is 10.0. The van der Waals surface area contributed by atoms with E-state index >= 15 is 0 Å². The Balaban J connectivity index is 1.66. The topological polar surface area (TPSA) is 76.1 Å². The highest BCUT2D eigenvalue weighted by Gasteiger charge is 2.47. The smallest absolute Gasteiger partial charge is 0.350 e. The van der Waals surface area contributed by atoms with Crippen LogP contribution in [0.15, 0.2) is 54.6 Å². The van der Waals surface area contributed by atoms with Gasteiger partial charge in [0.15, 0.2) is 0 Å². The summed E-state index contributed by atoms with van der Waals surface area (Å²) < 4.78 is 24.7. The van der Waals surface area contributed by atoms with Gasteiger partial charge in [-0.2, -0.15) is 0 Å². The Morgan fingerprint density at radius 1 is 1.03 bits per heavy atom. The van der Waals surface area contributed by atoms with Crippen LogP contribution in [0.25, 0.3) is 0 Å². The van der Waals surface area contributed by atoms with Gasteiger partial charge in [-0.25, -0.2) is 9.18 Å². The lowest BCUT2D eigenvalue weighted by molar-refractivity contribution is -0.186. The number of hydrogen-bond acceptors (Lipinski definition) is 6. The van der Waals surface area contributed by atoms with E-state index in [0.29, 0.717) is 13.1 Å². The molecule has 0 radical (unpaired) electrons. The third kappa shape index (κ3) is 5.78. The highest BCUT2D eigenvalue weighted by atomic mass is 19.1. The summed E-state index contributed by atoms with van der Waals surface area (Å²) in [5.41, 5.74) is -0.914. The van der Waals surface area contributed by atoms with Gasteiger partial charge in [0.1, 0.15) is 18.0 Å². The van der Waals surface area contributed by atoms with Crippen molar-refractivity contribution in [3.05, 3.63) is 71.5 Å². The second-order valence-corrected chi connectivity index (χ2v) is 9.53. The first-order valence-corrected chi connectivity index (χ1v) is 11.1. The minimum Gasteiger partial charge on any atom is -0.458 e. The Morgan fingerprint density at radius 3 is 2.36 bits per heavy atom. The zero-order valence-electron chi connectivity index (χ0n) is 19.6. The van der Waals surface area contributed by atoms with Gasteiger partial charge in [0, 0.05) is 31.5 Å². The largest absolute Gasteiger partial charge is 0.458 e. The number of carbonyl (C=O) groups is 2. The molecular formula is C26H32FNO5. The van der Waals surface area contributed by atoms with Crippen molar-refractivity contribution < 1.29 is 28.6 Å². The highest BCUT2D eigenvalue weighted by Crippen LogP contribution is 2.37. The molecule has 2 aromatic carbocycles. The van der Waals surface area contributed by atoms with Crippen LogP contribution in [0.3, 0.4) is 0 Å². The molecule has 0 saturated carbocycles. The highest BCUT2D eigenvalue weighted by molar-refractivity contribution is 5.86. The standard InChI is InChI=1S/C26H32FNO5/c1-25(2,28-14-20(16-29)22(15-28)19-11-8-12-21(27)13-19)23(30)33-26(3,4)24(31)32-17-18-9-6-5-7-10-18/h5-13,20,22,29H,14-17H2,1-4H3/t20-,22-/m1/s1. The van der Waals surface area contributed by atoms with Crippen LogP contribution < -0.4 is 0 Å². The number of esters is 2. The molecule has 1 aliphatic heterocycles. The summed E-state index contributed by atoms with van der Waals surface area (Å²) in [7, 11) is 0. The lowest BCUT2D eigenvalue weighted by atomic mass is 9.89. The maximum absolute atomic E-state index is 13.7. The average molecular weight is 458 g/mol. The monoisotopic (exact) mass is 457 g/mol. The fourth-order valence-corrected chi connectivity index (χ4v) is 4.05. The van der Waals surface area contributed by atoms with E-state index in [4.69, 9.17) is 9.47 Å². The Labute approximate surface area is 194 Å². The number of ether oxygens (including phenoxy) is 2. The van der Waals surface area contributed by atoms with E-state index in [-0.39, 0.29) is 30.9 Å². The molecule has 1 heterocycles. The third-order valence-corrected chi connectivity index (χ3v) is 6.29. The number of likely N-dealkylation sites (tertiary alicyclic amines) is 1. The van der Waals surface area contributed by atoms with Crippen LogP contribution in [0.1, 0.15) is 44.7 Å². The zero-order chi connectivity index (χ0) is 24.2. The van der Waals surface area contributed by atoms with Gasteiger partial charge in [0.2, 0.25) is 5.60 Å². The van der Waals surface area contributed by atoms with Crippen molar-refractivity contribution in [2.75, 3.05) is 19.7 Å². The lowest BCUT2D eigenvalue weighted by Gasteiger charge is -2.36. The molecule has 0 bridgehead atoms. The molecule has 0 aromatic heterocycles. The van der Waals surface area contributed by atoms with E-state index < -0.39 is 23.1 Å². The van der Waals surface area contributed by atoms with Gasteiger partial charge < -0.3 is 14.6 Å². The van der Waals surface area contributed by atoms with Crippen molar-refractivity contribution in [3.63, 3.8) is 0 Å². The normalized spacial score (nSPS) is 19.3. The van der Waals surface area contributed by atoms with Crippen molar-refractivity contribution in [2.45, 2.75) is 51.4 Å². The van der Waals surface area contributed by atoms with Gasteiger partial charge in [0.05, 0.1) is 0 Å². The van der Waals surface area contributed by atoms with E-state index in [2.05, 4.69) is 0 Å². The zero-order valence-corrected chi connectivity index (χ0v) is 19.6. The summed E-state index contributed by atoms with van der Waals surface area (Å²) in [6.45, 7) is 7.36. The Kier molecular flexibility index (Phi) is 7.55. The second-order valence-electron chi connectivity index (χ2n) is 9.53. The molecule has 1 aliphatic rings. The molecule has 178 valence electrons. The van der Waals surface area contributed by atoms with Crippen LogP contribution in [0.2, 0.25) is 0 Å². The number of benzene rings is 2. The van der Waals surface area contributed by atoms with Gasteiger partial charge >= 0.3 is 11.9 Å². The quantitative estimate of drug-likeness (QED) is 0.610. The molecule has 1 fully saturated rings. The Hall–Kier alpha value is -2.77. The van der Waals surface area contributed by atoms with E-state index in [9.17, 15) is 19.1 Å². The van der Waals surface area contributed by atoms with E-state index in [0.717, 1.165) is 11.1 Å². The molecule has 0 spiro atoms. The van der Waals surface area contributed by atoms with Crippen LogP contribution in [0, 0.1) is 11.7 Å². The molecule has 2 atom stereocenters. The van der Waals surface area contributed by atoms with Gasteiger partial charge in [-0.15, -0.1) is 0 Å². The van der Waals surface area contributed by atoms with E-state index in [1.807, 2.05) is 41.3 Å². The summed E-state index contributed by atoms with van der Waals surface area (Å²) in [5.74, 6) is -1.81. The number of nitrogens with zero attached hydrogens (tertiary/aromatic N) is 1. The first kappa shape index (κ1) is 24.9. The van der Waals surface area contributed by atoms with Crippen molar-refractivity contribution in [1.29, 1.82) is 0 Å². The van der Waals surface area contributed by atoms with Gasteiger partial charge in [0.25, 0.3) is 0 Å². The van der Waals surface area contributed by atoms with Crippen molar-refractivity contribution in [2.24, 2.45) is 5.92 Å². The molecule has 7 heteroatoms. The van der Waals surface area contributed by atoms with E-state index in [1.165, 1.54) is 26.0 Å². The summed E-state index contributed by atoms with van der Waals surface area (Å²) in [6, 6.07) is 15.6. The molecule has 33 heavy (non-hydrogen) atoms. The molecule has 3 rings (SSSR count). The summed E-state index contributed by atoms with van der Waals surface area (Å²) in [6.07, 6.45) is 0. The fourth-order valence-electron chi connectivity index (χ4n) is 4.05. The number of halogens is 1. The first-order chi connectivity index (χ1) is 15.5. The summed E-state index contributed by atoms with van der Waals surface area (Å²) in [4.78, 5) is 27.7. The molecule has 0 amide bonds. The van der Waals surface area contributed by atoms with Crippen molar-refractivity contribution >= 4 is 11.9 Å². The predicted octanol–water partition coefficient (Wildman–Crippen LogP) is 3.68. The third-order valence-electron chi connectivity index (χ3n) is 6.29. The van der Waals surface area contributed by atoms with Crippen molar-refractivity contribution in [3.8, 4) is 0 Å². The van der Waals surface area contributed by atoms with Gasteiger partial charge in [-0.1, -0.05) is 42.5 Å². The molecule has 0 unspecified atom stereocenters. The van der Waals surface area contributed by atoms with Gasteiger partial charge in [-0.3, -0.25) is 9.69 Å². The SMILES string of the molecule is CC(C)(OC(=O)C(C)(C)N1C[C@H](CO)[C@@H](c2cccc(F)c2)C1)C(=O)OCc1ccccc1. The lowest BCUT2D eigenvalue weighted by Crippen LogP contribution is -2.53. The molecular weight excluding hydrogens is 425 g/mol. The Morgan fingerprint density at radius 2 is 1.73 bits per heavy atom. The number of aliphatic hydroxyl groups excluding tert-OH is 1. The number of hydrogen-bond donors (Lipinski definition) is 1. The van der Waals surface area contributed by atoms with Crippen LogP contribution >= 0.6 is 0 Å². The molecule has 1 saturated heterocycles. The minimum atomic E-state index is -1.47. The average Bonchev–Trinajstić information content (AvgIpc) is 3.23. The van der Waals surface area contributed by atoms with Crippen LogP contribution in [0.5, 0.6) is 0 Å². The number of aliphatic hydroxyl groups is 1. The summed E-state index contributed by atoms with van der Waals surface area (Å²) >= 11 is 0. The number of carbonyl (C=O) groups excluding carboxylic acids is 2. The number of rotatable bonds is 8. The van der Waals surface area contributed by atoms with Crippen LogP contribution in [0.4, 0.5) is 4.39 Å². The molecule has 6 nitrogen and oxygen atoms in total. The first-order valence-electron chi connectivity index (χ1n) is 11.1. The fraction of sp³-hybridized carbons (Fsp3) is 0.462.